The predicted octanol–water partition coefficient (Wildman–Crippen LogP) is 3.81. The van der Waals surface area contributed by atoms with Crippen LogP contribution in [0, 0.1) is 5.92 Å². The molecule has 168 valence electrons. The minimum absolute atomic E-state index is 0.0694. The zero-order valence-electron chi connectivity index (χ0n) is 18.9. The van der Waals surface area contributed by atoms with Gasteiger partial charge in [0.15, 0.2) is 0 Å². The molecule has 1 saturated heterocycles. The fourth-order valence-corrected chi connectivity index (χ4v) is 4.52. The first-order valence-electron chi connectivity index (χ1n) is 11.9. The van der Waals surface area contributed by atoms with E-state index < -0.39 is 0 Å². The van der Waals surface area contributed by atoms with Crippen molar-refractivity contribution in [3.8, 4) is 6.01 Å². The normalized spacial score (nSPS) is 17.5. The Morgan fingerprint density at radius 1 is 1.03 bits per heavy atom. The van der Waals surface area contributed by atoms with Crippen molar-refractivity contribution >= 4 is 17.5 Å². The average molecular weight is 418 g/mol. The standard InChI is InChI=1S/C23H39N5O2/c1-3-5-16-30-23-25-21(24)19-17-20(29)28(22(19)26-23)13-8-6-7-9-18-10-14-27(12-4-2)15-11-18/h18H,3-17H2,1-2H3,(H2,24,25,26). The number of carbonyl (C=O) groups is 1. The zero-order chi connectivity index (χ0) is 21.3. The van der Waals surface area contributed by atoms with E-state index in [1.165, 1.54) is 51.7 Å². The summed E-state index contributed by atoms with van der Waals surface area (Å²) in [4.78, 5) is 25.6. The van der Waals surface area contributed by atoms with Crippen LogP contribution in [0.5, 0.6) is 6.01 Å². The highest BCUT2D eigenvalue weighted by Gasteiger charge is 2.31. The summed E-state index contributed by atoms with van der Waals surface area (Å²) in [5, 5.41) is 0. The Bertz CT molecular complexity index is 688. The number of nitrogens with zero attached hydrogens (tertiary/aromatic N) is 4. The molecule has 3 rings (SSSR count). The van der Waals surface area contributed by atoms with Gasteiger partial charge < -0.3 is 15.4 Å². The molecule has 1 aromatic heterocycles. The summed E-state index contributed by atoms with van der Waals surface area (Å²) in [6.45, 7) is 9.42. The number of hydrogen-bond acceptors (Lipinski definition) is 6. The van der Waals surface area contributed by atoms with Gasteiger partial charge in [0.2, 0.25) is 5.91 Å². The smallest absolute Gasteiger partial charge is 0.320 e. The number of piperidine rings is 1. The lowest BCUT2D eigenvalue weighted by molar-refractivity contribution is -0.117. The summed E-state index contributed by atoms with van der Waals surface area (Å²) < 4.78 is 5.63. The first-order chi connectivity index (χ1) is 14.6. The van der Waals surface area contributed by atoms with E-state index in [2.05, 4.69) is 28.7 Å². The molecule has 0 radical (unpaired) electrons. The van der Waals surface area contributed by atoms with Crippen LogP contribution in [-0.2, 0) is 11.2 Å². The monoisotopic (exact) mass is 417 g/mol. The highest BCUT2D eigenvalue weighted by atomic mass is 16.5. The maximum absolute atomic E-state index is 12.5. The molecule has 7 heteroatoms. The van der Waals surface area contributed by atoms with Gasteiger partial charge in [-0.2, -0.15) is 9.97 Å². The molecular formula is C23H39N5O2. The number of anilines is 2. The summed E-state index contributed by atoms with van der Waals surface area (Å²) in [7, 11) is 0. The molecule has 0 aliphatic carbocycles. The van der Waals surface area contributed by atoms with Gasteiger partial charge in [-0.3, -0.25) is 9.69 Å². The van der Waals surface area contributed by atoms with Crippen molar-refractivity contribution in [2.24, 2.45) is 5.92 Å². The molecule has 0 unspecified atom stereocenters. The molecule has 0 bridgehead atoms. The van der Waals surface area contributed by atoms with E-state index in [4.69, 9.17) is 10.5 Å². The molecule has 7 nitrogen and oxygen atoms in total. The van der Waals surface area contributed by atoms with Gasteiger partial charge in [0.25, 0.3) is 0 Å². The molecule has 0 spiro atoms. The summed E-state index contributed by atoms with van der Waals surface area (Å²) in [5.41, 5.74) is 6.83. The lowest BCUT2D eigenvalue weighted by Gasteiger charge is -2.31. The van der Waals surface area contributed by atoms with Crippen LogP contribution in [0.3, 0.4) is 0 Å². The van der Waals surface area contributed by atoms with Gasteiger partial charge in [0.05, 0.1) is 13.0 Å². The van der Waals surface area contributed by atoms with Crippen molar-refractivity contribution in [3.05, 3.63) is 5.56 Å². The van der Waals surface area contributed by atoms with E-state index in [-0.39, 0.29) is 11.9 Å². The van der Waals surface area contributed by atoms with Crippen molar-refractivity contribution in [1.82, 2.24) is 14.9 Å². The summed E-state index contributed by atoms with van der Waals surface area (Å²) in [6.07, 6.45) is 10.9. The fraction of sp³-hybridized carbons (Fsp3) is 0.783. The van der Waals surface area contributed by atoms with Crippen LogP contribution in [0.2, 0.25) is 0 Å². The van der Waals surface area contributed by atoms with E-state index in [1.807, 2.05) is 0 Å². The Morgan fingerprint density at radius 2 is 1.83 bits per heavy atom. The van der Waals surface area contributed by atoms with E-state index in [0.717, 1.165) is 37.2 Å². The lowest BCUT2D eigenvalue weighted by Crippen LogP contribution is -2.34. The van der Waals surface area contributed by atoms with Crippen LogP contribution in [0.4, 0.5) is 11.6 Å². The van der Waals surface area contributed by atoms with Crippen LogP contribution in [-0.4, -0.2) is 53.6 Å². The molecule has 1 aromatic rings. The average Bonchev–Trinajstić information content (AvgIpc) is 3.05. The number of nitrogen functional groups attached to an aromatic ring is 1. The van der Waals surface area contributed by atoms with Crippen molar-refractivity contribution in [3.63, 3.8) is 0 Å². The molecular weight excluding hydrogens is 378 g/mol. The van der Waals surface area contributed by atoms with Gasteiger partial charge in [0, 0.05) is 12.1 Å². The lowest BCUT2D eigenvalue weighted by atomic mass is 9.91. The third-order valence-corrected chi connectivity index (χ3v) is 6.35. The molecule has 30 heavy (non-hydrogen) atoms. The first kappa shape index (κ1) is 22.8. The van der Waals surface area contributed by atoms with Crippen molar-refractivity contribution in [1.29, 1.82) is 0 Å². The zero-order valence-corrected chi connectivity index (χ0v) is 18.9. The van der Waals surface area contributed by atoms with Crippen LogP contribution in [0.1, 0.15) is 77.2 Å². The second kappa shape index (κ2) is 11.5. The van der Waals surface area contributed by atoms with Crippen LogP contribution in [0.15, 0.2) is 0 Å². The Hall–Kier alpha value is -1.89. The second-order valence-corrected chi connectivity index (χ2v) is 8.75. The van der Waals surface area contributed by atoms with Gasteiger partial charge >= 0.3 is 6.01 Å². The van der Waals surface area contributed by atoms with Crippen LogP contribution in [0.25, 0.3) is 0 Å². The predicted molar refractivity (Wildman–Crippen MR) is 121 cm³/mol. The molecule has 0 aromatic carbocycles. The van der Waals surface area contributed by atoms with Gasteiger partial charge in [-0.15, -0.1) is 0 Å². The fourth-order valence-electron chi connectivity index (χ4n) is 4.52. The van der Waals surface area contributed by atoms with E-state index >= 15 is 0 Å². The number of aromatic nitrogens is 2. The Morgan fingerprint density at radius 3 is 2.57 bits per heavy atom. The third-order valence-electron chi connectivity index (χ3n) is 6.35. The van der Waals surface area contributed by atoms with E-state index in [0.29, 0.717) is 31.2 Å². The largest absolute Gasteiger partial charge is 0.463 e. The number of ether oxygens (including phenoxy) is 1. The molecule has 0 saturated carbocycles. The summed E-state index contributed by atoms with van der Waals surface area (Å²) in [6, 6.07) is 0.286. The topological polar surface area (TPSA) is 84.6 Å². The van der Waals surface area contributed by atoms with Crippen LogP contribution >= 0.6 is 0 Å². The first-order valence-corrected chi connectivity index (χ1v) is 11.9. The van der Waals surface area contributed by atoms with Crippen molar-refractivity contribution in [2.45, 2.75) is 78.1 Å². The molecule has 2 N–H and O–H groups in total. The van der Waals surface area contributed by atoms with E-state index in [9.17, 15) is 4.79 Å². The number of nitrogens with two attached hydrogens (primary N) is 1. The highest BCUT2D eigenvalue weighted by molar-refractivity contribution is 6.01. The van der Waals surface area contributed by atoms with Crippen LogP contribution < -0.4 is 15.4 Å². The van der Waals surface area contributed by atoms with Gasteiger partial charge in [0.1, 0.15) is 11.6 Å². The van der Waals surface area contributed by atoms with Crippen molar-refractivity contribution in [2.75, 3.05) is 43.4 Å². The van der Waals surface area contributed by atoms with Gasteiger partial charge in [-0.05, 0) is 57.7 Å². The minimum Gasteiger partial charge on any atom is -0.463 e. The minimum atomic E-state index is 0.0694. The molecule has 3 heterocycles. The number of unbranched alkanes of at least 4 members (excludes halogenated alkanes) is 3. The SMILES string of the molecule is CCCCOc1nc(N)c2c(n1)N(CCCCCC1CCN(CCC)CC1)C(=O)C2. The van der Waals surface area contributed by atoms with Gasteiger partial charge in [-0.25, -0.2) is 0 Å². The number of rotatable bonds is 12. The Kier molecular flexibility index (Phi) is 8.73. The maximum Gasteiger partial charge on any atom is 0.320 e. The number of hydrogen-bond donors (Lipinski definition) is 1. The number of carbonyl (C=O) groups excluding carboxylic acids is 1. The van der Waals surface area contributed by atoms with E-state index in [1.54, 1.807) is 4.90 Å². The molecule has 0 atom stereocenters. The molecule has 2 aliphatic heterocycles. The van der Waals surface area contributed by atoms with Crippen molar-refractivity contribution < 1.29 is 9.53 Å². The Balaban J connectivity index is 1.42. The molecule has 1 amide bonds. The summed E-state index contributed by atoms with van der Waals surface area (Å²) in [5.74, 6) is 1.97. The number of likely N-dealkylation sites (tertiary alicyclic amines) is 1. The number of amides is 1. The Labute approximate surface area is 181 Å². The highest BCUT2D eigenvalue weighted by Crippen LogP contribution is 2.32. The maximum atomic E-state index is 12.5. The second-order valence-electron chi connectivity index (χ2n) is 8.75. The van der Waals surface area contributed by atoms with Gasteiger partial charge in [-0.1, -0.05) is 39.5 Å². The molecule has 2 aliphatic rings. The number of fused-ring (bicyclic) bond motifs is 1. The molecule has 1 fully saturated rings. The third kappa shape index (κ3) is 6.06. The quantitative estimate of drug-likeness (QED) is 0.521. The summed E-state index contributed by atoms with van der Waals surface area (Å²) >= 11 is 0.